The van der Waals surface area contributed by atoms with Crippen molar-refractivity contribution in [2.45, 2.75) is 13.8 Å². The van der Waals surface area contributed by atoms with E-state index in [0.717, 1.165) is 16.7 Å². The average Bonchev–Trinajstić information content (AvgIpc) is 2.36. The molecule has 0 spiro atoms. The lowest BCUT2D eigenvalue weighted by atomic mass is 9.98. The van der Waals surface area contributed by atoms with E-state index in [9.17, 15) is 4.79 Å². The summed E-state index contributed by atoms with van der Waals surface area (Å²) in [7, 11) is 1.33. The van der Waals surface area contributed by atoms with E-state index in [4.69, 9.17) is 10.9 Å². The number of benzene rings is 1. The highest BCUT2D eigenvalue weighted by Gasteiger charge is 2.06. The molecule has 3 N–H and O–H groups in total. The molecule has 0 saturated carbocycles. The Hall–Kier alpha value is -2.30. The van der Waals surface area contributed by atoms with Gasteiger partial charge in [-0.1, -0.05) is 5.16 Å². The summed E-state index contributed by atoms with van der Waals surface area (Å²) in [6.07, 6.45) is 3.05. The number of hydrogen-bond acceptors (Lipinski definition) is 4. The monoisotopic (exact) mass is 248 g/mol. The quantitative estimate of drug-likeness (QED) is 0.212. The van der Waals surface area contributed by atoms with Crippen molar-refractivity contribution in [3.8, 4) is 0 Å². The third kappa shape index (κ3) is 3.10. The fraction of sp³-hybridized carbons (Fsp3) is 0.231. The summed E-state index contributed by atoms with van der Waals surface area (Å²) in [4.78, 5) is 11.0. The maximum absolute atomic E-state index is 11.0. The van der Waals surface area contributed by atoms with Crippen molar-refractivity contribution in [1.29, 1.82) is 0 Å². The van der Waals surface area contributed by atoms with Crippen molar-refractivity contribution in [2.24, 2.45) is 10.9 Å². The second-order valence-corrected chi connectivity index (χ2v) is 3.87. The van der Waals surface area contributed by atoms with Crippen molar-refractivity contribution in [2.75, 3.05) is 7.11 Å². The van der Waals surface area contributed by atoms with E-state index in [1.807, 2.05) is 13.8 Å². The molecule has 1 aromatic rings. The van der Waals surface area contributed by atoms with Crippen LogP contribution in [0.2, 0.25) is 0 Å². The molecule has 0 amide bonds. The Kier molecular flexibility index (Phi) is 4.48. The number of rotatable bonds is 3. The van der Waals surface area contributed by atoms with Crippen LogP contribution in [0.1, 0.15) is 22.3 Å². The van der Waals surface area contributed by atoms with E-state index in [0.29, 0.717) is 5.56 Å². The molecule has 1 rings (SSSR count). The van der Waals surface area contributed by atoms with Crippen LogP contribution in [0.15, 0.2) is 23.4 Å². The van der Waals surface area contributed by atoms with Crippen molar-refractivity contribution < 1.29 is 14.7 Å². The van der Waals surface area contributed by atoms with Crippen molar-refractivity contribution in [3.05, 3.63) is 40.5 Å². The highest BCUT2D eigenvalue weighted by molar-refractivity contribution is 5.98. The van der Waals surface area contributed by atoms with Gasteiger partial charge in [0.05, 0.1) is 7.11 Å². The van der Waals surface area contributed by atoms with Crippen LogP contribution >= 0.6 is 0 Å². The van der Waals surface area contributed by atoms with Gasteiger partial charge in [0.1, 0.15) is 0 Å². The molecule has 1 aromatic carbocycles. The number of nitrogens with two attached hydrogens (primary N) is 1. The lowest BCUT2D eigenvalue weighted by Gasteiger charge is -2.08. The lowest BCUT2D eigenvalue weighted by molar-refractivity contribution is -0.134. The molecule has 0 atom stereocenters. The lowest BCUT2D eigenvalue weighted by Crippen LogP contribution is -2.13. The van der Waals surface area contributed by atoms with E-state index >= 15 is 0 Å². The first-order valence-corrected chi connectivity index (χ1v) is 5.34. The molecule has 0 aromatic heterocycles. The molecule has 5 nitrogen and oxygen atoms in total. The first-order valence-electron chi connectivity index (χ1n) is 5.34. The zero-order valence-corrected chi connectivity index (χ0v) is 10.6. The second-order valence-electron chi connectivity index (χ2n) is 3.87. The molecule has 0 fully saturated rings. The van der Waals surface area contributed by atoms with Crippen molar-refractivity contribution in [1.82, 2.24) is 0 Å². The van der Waals surface area contributed by atoms with Crippen LogP contribution in [0, 0.1) is 13.8 Å². The molecule has 18 heavy (non-hydrogen) atoms. The number of amidine groups is 1. The normalized spacial score (nSPS) is 11.8. The minimum absolute atomic E-state index is 0.0599. The first-order chi connectivity index (χ1) is 8.49. The smallest absolute Gasteiger partial charge is 0.330 e. The molecule has 96 valence electrons. The van der Waals surface area contributed by atoms with E-state index in [-0.39, 0.29) is 5.84 Å². The highest BCUT2D eigenvalue weighted by atomic mass is 16.5. The van der Waals surface area contributed by atoms with Crippen molar-refractivity contribution in [3.63, 3.8) is 0 Å². The standard InChI is InChI=1S/C13H16N2O3/c1-8-6-10(13(14)15-17)7-9(2)11(8)4-5-12(16)18-3/h4-7,17H,1-3H3,(H2,14,15). The third-order valence-corrected chi connectivity index (χ3v) is 2.58. The number of carbonyl (C=O) groups excluding carboxylic acids is 1. The van der Waals surface area contributed by atoms with E-state index < -0.39 is 5.97 Å². The Morgan fingerprint density at radius 1 is 1.39 bits per heavy atom. The molecule has 5 heteroatoms. The van der Waals surface area contributed by atoms with Crippen LogP contribution in [-0.4, -0.2) is 24.1 Å². The summed E-state index contributed by atoms with van der Waals surface area (Å²) < 4.78 is 4.53. The molecule has 0 radical (unpaired) electrons. The molecule has 0 aliphatic carbocycles. The molecular weight excluding hydrogens is 232 g/mol. The Bertz CT molecular complexity index is 496. The number of ether oxygens (including phenoxy) is 1. The minimum atomic E-state index is -0.408. The van der Waals surface area contributed by atoms with Gasteiger partial charge in [-0.3, -0.25) is 0 Å². The van der Waals surface area contributed by atoms with Crippen LogP contribution in [-0.2, 0) is 9.53 Å². The number of oxime groups is 1. The van der Waals surface area contributed by atoms with Crippen molar-refractivity contribution >= 4 is 17.9 Å². The first kappa shape index (κ1) is 13.8. The maximum atomic E-state index is 11.0. The van der Waals surface area contributed by atoms with Gasteiger partial charge in [-0.05, 0) is 48.7 Å². The summed E-state index contributed by atoms with van der Waals surface area (Å²) in [5, 5.41) is 11.6. The summed E-state index contributed by atoms with van der Waals surface area (Å²) >= 11 is 0. The van der Waals surface area contributed by atoms with E-state index in [1.54, 1.807) is 18.2 Å². The van der Waals surface area contributed by atoms with Crippen LogP contribution < -0.4 is 5.73 Å². The second kappa shape index (κ2) is 5.86. The zero-order chi connectivity index (χ0) is 13.7. The number of aryl methyl sites for hydroxylation is 2. The molecule has 0 bridgehead atoms. The van der Waals surface area contributed by atoms with Crippen LogP contribution in [0.25, 0.3) is 6.08 Å². The summed E-state index contributed by atoms with van der Waals surface area (Å²) in [6.45, 7) is 3.77. The van der Waals surface area contributed by atoms with Crippen LogP contribution in [0.4, 0.5) is 0 Å². The summed E-state index contributed by atoms with van der Waals surface area (Å²) in [5.74, 6) is -0.348. The number of methoxy groups -OCH3 is 1. The van der Waals surface area contributed by atoms with Gasteiger partial charge in [-0.25, -0.2) is 4.79 Å². The molecule has 0 unspecified atom stereocenters. The van der Waals surface area contributed by atoms with Crippen LogP contribution in [0.5, 0.6) is 0 Å². The van der Waals surface area contributed by atoms with Crippen LogP contribution in [0.3, 0.4) is 0 Å². The third-order valence-electron chi connectivity index (χ3n) is 2.58. The molecule has 0 saturated heterocycles. The number of hydrogen-bond donors (Lipinski definition) is 2. The molecule has 0 aliphatic rings. The average molecular weight is 248 g/mol. The van der Waals surface area contributed by atoms with Gasteiger partial charge in [-0.2, -0.15) is 0 Å². The van der Waals surface area contributed by atoms with Gasteiger partial charge in [0.2, 0.25) is 0 Å². The molecular formula is C13H16N2O3. The Morgan fingerprint density at radius 3 is 2.39 bits per heavy atom. The fourth-order valence-corrected chi connectivity index (χ4v) is 1.66. The Labute approximate surface area is 106 Å². The van der Waals surface area contributed by atoms with E-state index in [2.05, 4.69) is 9.89 Å². The Balaban J connectivity index is 3.17. The van der Waals surface area contributed by atoms with Gasteiger partial charge in [-0.15, -0.1) is 0 Å². The molecule has 0 heterocycles. The van der Waals surface area contributed by atoms with Gasteiger partial charge in [0, 0.05) is 11.6 Å². The Morgan fingerprint density at radius 2 is 1.94 bits per heavy atom. The predicted octanol–water partition coefficient (Wildman–Crippen LogP) is 1.58. The zero-order valence-electron chi connectivity index (χ0n) is 10.6. The highest BCUT2D eigenvalue weighted by Crippen LogP contribution is 2.18. The topological polar surface area (TPSA) is 84.9 Å². The van der Waals surface area contributed by atoms with Gasteiger partial charge >= 0.3 is 5.97 Å². The van der Waals surface area contributed by atoms with Gasteiger partial charge < -0.3 is 15.7 Å². The minimum Gasteiger partial charge on any atom is -0.466 e. The fourth-order valence-electron chi connectivity index (χ4n) is 1.66. The summed E-state index contributed by atoms with van der Waals surface area (Å²) in [6, 6.07) is 3.58. The maximum Gasteiger partial charge on any atom is 0.330 e. The summed E-state index contributed by atoms with van der Waals surface area (Å²) in [5.41, 5.74) is 8.94. The van der Waals surface area contributed by atoms with Gasteiger partial charge in [0.25, 0.3) is 0 Å². The number of carbonyl (C=O) groups is 1. The molecule has 0 aliphatic heterocycles. The number of nitrogens with zero attached hydrogens (tertiary/aromatic N) is 1. The number of esters is 1. The van der Waals surface area contributed by atoms with E-state index in [1.165, 1.54) is 13.2 Å². The largest absolute Gasteiger partial charge is 0.466 e. The predicted molar refractivity (Wildman–Crippen MR) is 69.5 cm³/mol. The van der Waals surface area contributed by atoms with Gasteiger partial charge in [0.15, 0.2) is 5.84 Å². The SMILES string of the molecule is COC(=O)C=Cc1c(C)cc(C(N)=NO)cc1C.